The molecular formula is C10H16N4O3S. The Morgan fingerprint density at radius 1 is 1.72 bits per heavy atom. The molecule has 100 valence electrons. The molecule has 0 aliphatic carbocycles. The maximum atomic E-state index is 10.7. The Morgan fingerprint density at radius 3 is 3.00 bits per heavy atom. The van der Waals surface area contributed by atoms with E-state index in [1.807, 2.05) is 23.9 Å². The Labute approximate surface area is 109 Å². The van der Waals surface area contributed by atoms with Gasteiger partial charge in [-0.1, -0.05) is 0 Å². The molecular weight excluding hydrogens is 256 g/mol. The topological polar surface area (TPSA) is 82.7 Å². The highest BCUT2D eigenvalue weighted by Gasteiger charge is 2.33. The van der Waals surface area contributed by atoms with Crippen molar-refractivity contribution in [1.29, 1.82) is 0 Å². The summed E-state index contributed by atoms with van der Waals surface area (Å²) in [6.07, 6.45) is 1.56. The first-order valence-electron chi connectivity index (χ1n) is 5.67. The van der Waals surface area contributed by atoms with E-state index >= 15 is 0 Å². The number of hydrogen-bond acceptors (Lipinski definition) is 7. The second-order valence-electron chi connectivity index (χ2n) is 4.70. The fraction of sp³-hybridized carbons (Fsp3) is 0.700. The number of aromatic nitrogens is 1. The second kappa shape index (κ2) is 5.17. The van der Waals surface area contributed by atoms with E-state index < -0.39 is 11.0 Å². The number of β-amino-alcohol motifs (C(OH)–C–C–N with tert-alkyl or cyclic N) is 1. The predicted molar refractivity (Wildman–Crippen MR) is 69.1 cm³/mol. The van der Waals surface area contributed by atoms with Gasteiger partial charge in [-0.25, -0.2) is 4.98 Å². The molecule has 0 bridgehead atoms. The van der Waals surface area contributed by atoms with E-state index in [9.17, 15) is 15.2 Å². The number of hydrogen-bond donors (Lipinski definition) is 1. The minimum atomic E-state index is -0.436. The molecule has 7 nitrogen and oxygen atoms in total. The molecule has 0 aromatic carbocycles. The van der Waals surface area contributed by atoms with Crippen molar-refractivity contribution in [3.05, 3.63) is 16.3 Å². The molecule has 1 aromatic rings. The zero-order chi connectivity index (χ0) is 13.3. The smallest absolute Gasteiger partial charge is 0.345 e. The number of likely N-dealkylation sites (N-methyl/N-ethyl adjacent to an activating group) is 1. The molecule has 0 spiro atoms. The minimum Gasteiger partial charge on any atom is -0.391 e. The molecule has 1 aliphatic rings. The van der Waals surface area contributed by atoms with Gasteiger partial charge in [0.25, 0.3) is 0 Å². The molecule has 1 aromatic heterocycles. The fourth-order valence-electron chi connectivity index (χ4n) is 2.19. The standard InChI is InChI=1S/C10H16N4O3S/c1-12(2)5-7-3-8(15)6-13(7)10-11-4-9(18-10)14(16)17/h4,7-8,15H,3,5-6H2,1-2H3. The Bertz CT molecular complexity index is 437. The molecule has 2 unspecified atom stereocenters. The molecule has 2 atom stereocenters. The van der Waals surface area contributed by atoms with Gasteiger partial charge in [0.1, 0.15) is 6.20 Å². The summed E-state index contributed by atoms with van der Waals surface area (Å²) in [6.45, 7) is 1.29. The number of anilines is 1. The molecule has 1 N–H and O–H groups in total. The van der Waals surface area contributed by atoms with Gasteiger partial charge in [0.05, 0.1) is 11.0 Å². The zero-order valence-electron chi connectivity index (χ0n) is 10.3. The normalized spacial score (nSPS) is 23.9. The molecule has 2 rings (SSSR count). The lowest BCUT2D eigenvalue weighted by Crippen LogP contribution is -2.37. The van der Waals surface area contributed by atoms with Crippen LogP contribution in [0.5, 0.6) is 0 Å². The SMILES string of the molecule is CN(C)CC1CC(O)CN1c1ncc([N+](=O)[O-])s1. The molecule has 1 saturated heterocycles. The maximum Gasteiger partial charge on any atom is 0.345 e. The Kier molecular flexibility index (Phi) is 3.79. The third kappa shape index (κ3) is 2.77. The lowest BCUT2D eigenvalue weighted by atomic mass is 10.2. The molecule has 0 amide bonds. The number of aliphatic hydroxyl groups is 1. The van der Waals surface area contributed by atoms with E-state index in [4.69, 9.17) is 0 Å². The molecule has 0 radical (unpaired) electrons. The summed E-state index contributed by atoms with van der Waals surface area (Å²) >= 11 is 1.06. The highest BCUT2D eigenvalue weighted by Crippen LogP contribution is 2.33. The van der Waals surface area contributed by atoms with E-state index in [1.54, 1.807) is 0 Å². The zero-order valence-corrected chi connectivity index (χ0v) is 11.1. The largest absolute Gasteiger partial charge is 0.391 e. The molecule has 1 aliphatic heterocycles. The van der Waals surface area contributed by atoms with E-state index in [-0.39, 0.29) is 11.0 Å². The van der Waals surface area contributed by atoms with Gasteiger partial charge < -0.3 is 14.9 Å². The number of nitrogens with zero attached hydrogens (tertiary/aromatic N) is 4. The third-order valence-electron chi connectivity index (χ3n) is 2.88. The summed E-state index contributed by atoms with van der Waals surface area (Å²) in [5.74, 6) is 0. The van der Waals surface area contributed by atoms with Crippen LogP contribution in [0.25, 0.3) is 0 Å². The first-order chi connectivity index (χ1) is 8.47. The third-order valence-corrected chi connectivity index (χ3v) is 3.86. The summed E-state index contributed by atoms with van der Waals surface area (Å²) in [5, 5.41) is 21.0. The van der Waals surface area contributed by atoms with E-state index in [0.29, 0.717) is 18.1 Å². The van der Waals surface area contributed by atoms with Crippen LogP contribution in [-0.2, 0) is 0 Å². The summed E-state index contributed by atoms with van der Waals surface area (Å²) < 4.78 is 0. The van der Waals surface area contributed by atoms with Gasteiger partial charge in [0.15, 0.2) is 5.13 Å². The van der Waals surface area contributed by atoms with Crippen molar-refractivity contribution in [1.82, 2.24) is 9.88 Å². The van der Waals surface area contributed by atoms with Crippen molar-refractivity contribution in [2.24, 2.45) is 0 Å². The van der Waals surface area contributed by atoms with Crippen LogP contribution in [0.2, 0.25) is 0 Å². The van der Waals surface area contributed by atoms with Crippen molar-refractivity contribution in [2.45, 2.75) is 18.6 Å². The van der Waals surface area contributed by atoms with Crippen LogP contribution in [0.4, 0.5) is 10.1 Å². The van der Waals surface area contributed by atoms with Crippen molar-refractivity contribution in [3.63, 3.8) is 0 Å². The number of rotatable bonds is 4. The highest BCUT2D eigenvalue weighted by atomic mass is 32.1. The van der Waals surface area contributed by atoms with Gasteiger partial charge in [-0.3, -0.25) is 10.1 Å². The van der Waals surface area contributed by atoms with Gasteiger partial charge in [0, 0.05) is 19.1 Å². The molecule has 8 heteroatoms. The summed E-state index contributed by atoms with van der Waals surface area (Å²) in [6, 6.07) is 0.153. The molecule has 18 heavy (non-hydrogen) atoms. The van der Waals surface area contributed by atoms with Crippen molar-refractivity contribution < 1.29 is 10.0 Å². The van der Waals surface area contributed by atoms with E-state index in [1.165, 1.54) is 6.20 Å². The predicted octanol–water partition coefficient (Wildman–Crippen LogP) is 0.552. The second-order valence-corrected chi connectivity index (χ2v) is 5.68. The first-order valence-corrected chi connectivity index (χ1v) is 6.48. The lowest BCUT2D eigenvalue weighted by Gasteiger charge is -2.25. The Balaban J connectivity index is 2.16. The van der Waals surface area contributed by atoms with Crippen molar-refractivity contribution >= 4 is 21.5 Å². The van der Waals surface area contributed by atoms with Gasteiger partial charge in [-0.05, 0) is 31.9 Å². The first kappa shape index (κ1) is 13.2. The Hall–Kier alpha value is -1.25. The fourth-order valence-corrected chi connectivity index (χ4v) is 3.01. The van der Waals surface area contributed by atoms with Crippen LogP contribution in [-0.4, -0.2) is 59.2 Å². The van der Waals surface area contributed by atoms with E-state index in [0.717, 1.165) is 17.9 Å². The highest BCUT2D eigenvalue weighted by molar-refractivity contribution is 7.18. The quantitative estimate of drug-likeness (QED) is 0.636. The number of aliphatic hydroxyl groups excluding tert-OH is 1. The van der Waals surface area contributed by atoms with Gasteiger partial charge >= 0.3 is 5.00 Å². The minimum absolute atomic E-state index is 0.0370. The van der Waals surface area contributed by atoms with Gasteiger partial charge in [-0.2, -0.15) is 0 Å². The molecule has 1 fully saturated rings. The lowest BCUT2D eigenvalue weighted by molar-refractivity contribution is -0.380. The van der Waals surface area contributed by atoms with E-state index in [2.05, 4.69) is 4.98 Å². The Morgan fingerprint density at radius 2 is 2.44 bits per heavy atom. The molecule has 0 saturated carbocycles. The average Bonchev–Trinajstić information content (AvgIpc) is 2.83. The van der Waals surface area contributed by atoms with Crippen LogP contribution in [0.3, 0.4) is 0 Å². The van der Waals surface area contributed by atoms with Crippen molar-refractivity contribution in [2.75, 3.05) is 32.1 Å². The van der Waals surface area contributed by atoms with Crippen molar-refractivity contribution in [3.8, 4) is 0 Å². The van der Waals surface area contributed by atoms with Crippen LogP contribution in [0.1, 0.15) is 6.42 Å². The van der Waals surface area contributed by atoms with Crippen LogP contribution in [0, 0.1) is 10.1 Å². The average molecular weight is 272 g/mol. The summed E-state index contributed by atoms with van der Waals surface area (Å²) in [5.41, 5.74) is 0. The maximum absolute atomic E-state index is 10.7. The molecule has 2 heterocycles. The summed E-state index contributed by atoms with van der Waals surface area (Å²) in [4.78, 5) is 18.3. The van der Waals surface area contributed by atoms with Crippen LogP contribution >= 0.6 is 11.3 Å². The van der Waals surface area contributed by atoms with Gasteiger partial charge in [-0.15, -0.1) is 0 Å². The summed E-state index contributed by atoms with van der Waals surface area (Å²) in [7, 11) is 3.93. The number of thiazole rings is 1. The number of nitro groups is 1. The van der Waals surface area contributed by atoms with Crippen LogP contribution in [0.15, 0.2) is 6.20 Å². The monoisotopic (exact) mass is 272 g/mol. The van der Waals surface area contributed by atoms with Gasteiger partial charge in [0.2, 0.25) is 0 Å². The van der Waals surface area contributed by atoms with Crippen LogP contribution < -0.4 is 4.90 Å².